The summed E-state index contributed by atoms with van der Waals surface area (Å²) in [5.41, 5.74) is 6.21. The second kappa shape index (κ2) is 7.79. The molecule has 1 atom stereocenters. The first-order valence-corrected chi connectivity index (χ1v) is 7.26. The molecule has 1 unspecified atom stereocenters. The molecule has 0 saturated carbocycles. The first kappa shape index (κ1) is 18.0. The molecule has 0 aromatic heterocycles. The van der Waals surface area contributed by atoms with E-state index in [1.54, 1.807) is 12.1 Å². The lowest BCUT2D eigenvalue weighted by Crippen LogP contribution is -2.42. The lowest BCUT2D eigenvalue weighted by molar-refractivity contribution is 0.0508. The molecule has 6 heteroatoms. The van der Waals surface area contributed by atoms with Gasteiger partial charge in [0, 0.05) is 24.7 Å². The Hall–Kier alpha value is -2.08. The number of nitrogens with two attached hydrogens (primary N) is 1. The van der Waals surface area contributed by atoms with Crippen LogP contribution in [0.4, 0.5) is 4.79 Å². The molecule has 0 heterocycles. The summed E-state index contributed by atoms with van der Waals surface area (Å²) in [6.07, 6.45) is -0.424. The highest BCUT2D eigenvalue weighted by Gasteiger charge is 2.17. The topological polar surface area (TPSA) is 93.5 Å². The number of alkyl carbamates (subject to hydrolysis) is 1. The first-order chi connectivity index (χ1) is 10.2. The number of carbonyl (C=O) groups is 2. The standard InChI is InChI=1S/C16H25N3O3/c1-11(19-15(21)22-16(2,3)4)9-18-10-12-5-7-13(8-6-12)14(17)20/h5-8,11,18H,9-10H2,1-4H3,(H2,17,20)(H,19,21). The van der Waals surface area contributed by atoms with Gasteiger partial charge in [0.15, 0.2) is 0 Å². The van der Waals surface area contributed by atoms with Gasteiger partial charge < -0.3 is 21.1 Å². The van der Waals surface area contributed by atoms with Gasteiger partial charge in [0.2, 0.25) is 5.91 Å². The van der Waals surface area contributed by atoms with Crippen molar-refractivity contribution in [3.63, 3.8) is 0 Å². The maximum absolute atomic E-state index is 11.6. The second-order valence-electron chi connectivity index (χ2n) is 6.24. The predicted octanol–water partition coefficient (Wildman–Crippen LogP) is 1.79. The van der Waals surface area contributed by atoms with Crippen molar-refractivity contribution in [2.45, 2.75) is 45.9 Å². The summed E-state index contributed by atoms with van der Waals surface area (Å²) in [6, 6.07) is 7.03. The molecule has 22 heavy (non-hydrogen) atoms. The molecule has 0 spiro atoms. The number of hydrogen-bond acceptors (Lipinski definition) is 4. The third kappa shape index (κ3) is 7.08. The predicted molar refractivity (Wildman–Crippen MR) is 85.5 cm³/mol. The number of ether oxygens (including phenoxy) is 1. The van der Waals surface area contributed by atoms with Crippen LogP contribution in [0.3, 0.4) is 0 Å². The van der Waals surface area contributed by atoms with Crippen molar-refractivity contribution in [2.24, 2.45) is 5.73 Å². The fourth-order valence-electron chi connectivity index (χ4n) is 1.78. The molecular weight excluding hydrogens is 282 g/mol. The summed E-state index contributed by atoms with van der Waals surface area (Å²) in [6.45, 7) is 8.62. The molecule has 122 valence electrons. The van der Waals surface area contributed by atoms with E-state index in [1.807, 2.05) is 39.8 Å². The summed E-state index contributed by atoms with van der Waals surface area (Å²) in [5.74, 6) is -0.435. The zero-order valence-electron chi connectivity index (χ0n) is 13.6. The molecule has 0 radical (unpaired) electrons. The van der Waals surface area contributed by atoms with E-state index in [-0.39, 0.29) is 6.04 Å². The summed E-state index contributed by atoms with van der Waals surface area (Å²) in [7, 11) is 0. The highest BCUT2D eigenvalue weighted by atomic mass is 16.6. The van der Waals surface area contributed by atoms with Crippen LogP contribution in [-0.2, 0) is 11.3 Å². The number of primary amides is 1. The van der Waals surface area contributed by atoms with Gasteiger partial charge >= 0.3 is 6.09 Å². The molecule has 0 saturated heterocycles. The summed E-state index contributed by atoms with van der Waals surface area (Å²) in [4.78, 5) is 22.6. The Morgan fingerprint density at radius 3 is 2.32 bits per heavy atom. The lowest BCUT2D eigenvalue weighted by Gasteiger charge is -2.22. The molecule has 2 amide bonds. The average molecular weight is 307 g/mol. The first-order valence-electron chi connectivity index (χ1n) is 7.26. The number of hydrogen-bond donors (Lipinski definition) is 3. The Bertz CT molecular complexity index is 506. The SMILES string of the molecule is CC(CNCc1ccc(C(N)=O)cc1)NC(=O)OC(C)(C)C. The molecule has 0 fully saturated rings. The number of benzene rings is 1. The Kier molecular flexibility index (Phi) is 6.37. The highest BCUT2D eigenvalue weighted by molar-refractivity contribution is 5.92. The van der Waals surface area contributed by atoms with E-state index in [1.165, 1.54) is 0 Å². The van der Waals surface area contributed by atoms with E-state index >= 15 is 0 Å². The van der Waals surface area contributed by atoms with Crippen molar-refractivity contribution < 1.29 is 14.3 Å². The molecule has 0 aliphatic carbocycles. The van der Waals surface area contributed by atoms with E-state index in [4.69, 9.17) is 10.5 Å². The minimum absolute atomic E-state index is 0.0558. The lowest BCUT2D eigenvalue weighted by atomic mass is 10.1. The van der Waals surface area contributed by atoms with Crippen molar-refractivity contribution in [2.75, 3.05) is 6.54 Å². The fraction of sp³-hybridized carbons (Fsp3) is 0.500. The van der Waals surface area contributed by atoms with Crippen LogP contribution in [-0.4, -0.2) is 30.2 Å². The third-order valence-electron chi connectivity index (χ3n) is 2.78. The van der Waals surface area contributed by atoms with Gasteiger partial charge in [-0.2, -0.15) is 0 Å². The van der Waals surface area contributed by atoms with Crippen LogP contribution in [0.25, 0.3) is 0 Å². The van der Waals surface area contributed by atoms with Gasteiger partial charge in [-0.15, -0.1) is 0 Å². The molecule has 1 aromatic rings. The fourth-order valence-corrected chi connectivity index (χ4v) is 1.78. The molecule has 1 rings (SSSR count). The summed E-state index contributed by atoms with van der Waals surface area (Å²) < 4.78 is 5.19. The minimum atomic E-state index is -0.501. The number of amides is 2. The minimum Gasteiger partial charge on any atom is -0.444 e. The van der Waals surface area contributed by atoms with Crippen LogP contribution >= 0.6 is 0 Å². The largest absolute Gasteiger partial charge is 0.444 e. The average Bonchev–Trinajstić information content (AvgIpc) is 2.36. The van der Waals surface area contributed by atoms with Crippen LogP contribution in [0.2, 0.25) is 0 Å². The zero-order valence-corrected chi connectivity index (χ0v) is 13.6. The second-order valence-corrected chi connectivity index (χ2v) is 6.24. The van der Waals surface area contributed by atoms with Gasteiger partial charge in [-0.25, -0.2) is 4.79 Å². The van der Waals surface area contributed by atoms with Gasteiger partial charge in [0.1, 0.15) is 5.60 Å². The monoisotopic (exact) mass is 307 g/mol. The van der Waals surface area contributed by atoms with Gasteiger partial charge in [-0.1, -0.05) is 12.1 Å². The van der Waals surface area contributed by atoms with Crippen molar-refractivity contribution in [3.8, 4) is 0 Å². The normalized spacial score (nSPS) is 12.5. The molecular formula is C16H25N3O3. The molecule has 0 bridgehead atoms. The third-order valence-corrected chi connectivity index (χ3v) is 2.78. The summed E-state index contributed by atoms with van der Waals surface area (Å²) in [5, 5.41) is 5.99. The quantitative estimate of drug-likeness (QED) is 0.747. The van der Waals surface area contributed by atoms with E-state index in [0.29, 0.717) is 18.7 Å². The maximum atomic E-state index is 11.6. The van der Waals surface area contributed by atoms with Crippen LogP contribution in [0.1, 0.15) is 43.6 Å². The zero-order chi connectivity index (χ0) is 16.8. The number of rotatable bonds is 6. The van der Waals surface area contributed by atoms with Gasteiger partial charge in [-0.3, -0.25) is 4.79 Å². The van der Waals surface area contributed by atoms with Gasteiger partial charge in [0.05, 0.1) is 0 Å². The molecule has 1 aromatic carbocycles. The van der Waals surface area contributed by atoms with Gasteiger partial charge in [-0.05, 0) is 45.4 Å². The Labute approximate surface area is 131 Å². The van der Waals surface area contributed by atoms with E-state index in [9.17, 15) is 9.59 Å². The number of carbonyl (C=O) groups excluding carboxylic acids is 2. The van der Waals surface area contributed by atoms with E-state index in [2.05, 4.69) is 10.6 Å². The van der Waals surface area contributed by atoms with Crippen LogP contribution in [0.5, 0.6) is 0 Å². The van der Waals surface area contributed by atoms with Crippen molar-refractivity contribution in [1.82, 2.24) is 10.6 Å². The molecule has 0 aliphatic heterocycles. The highest BCUT2D eigenvalue weighted by Crippen LogP contribution is 2.07. The maximum Gasteiger partial charge on any atom is 0.407 e. The van der Waals surface area contributed by atoms with Crippen LogP contribution < -0.4 is 16.4 Å². The Balaban J connectivity index is 2.31. The molecule has 4 N–H and O–H groups in total. The van der Waals surface area contributed by atoms with Gasteiger partial charge in [0.25, 0.3) is 0 Å². The van der Waals surface area contributed by atoms with E-state index < -0.39 is 17.6 Å². The number of nitrogens with one attached hydrogen (secondary N) is 2. The smallest absolute Gasteiger partial charge is 0.407 e. The van der Waals surface area contributed by atoms with Crippen molar-refractivity contribution in [1.29, 1.82) is 0 Å². The van der Waals surface area contributed by atoms with Crippen LogP contribution in [0, 0.1) is 0 Å². The Morgan fingerprint density at radius 1 is 1.23 bits per heavy atom. The molecule has 0 aliphatic rings. The van der Waals surface area contributed by atoms with E-state index in [0.717, 1.165) is 5.56 Å². The van der Waals surface area contributed by atoms with Crippen LogP contribution in [0.15, 0.2) is 24.3 Å². The van der Waals surface area contributed by atoms with Crippen molar-refractivity contribution >= 4 is 12.0 Å². The summed E-state index contributed by atoms with van der Waals surface area (Å²) >= 11 is 0. The molecule has 6 nitrogen and oxygen atoms in total. The van der Waals surface area contributed by atoms with Crippen molar-refractivity contribution in [3.05, 3.63) is 35.4 Å². The Morgan fingerprint density at radius 2 is 1.82 bits per heavy atom.